The van der Waals surface area contributed by atoms with Gasteiger partial charge in [-0.1, -0.05) is 58.4 Å². The summed E-state index contributed by atoms with van der Waals surface area (Å²) in [5.74, 6) is -0.774. The van der Waals surface area contributed by atoms with Crippen molar-refractivity contribution in [2.75, 3.05) is 11.4 Å². The van der Waals surface area contributed by atoms with Crippen molar-refractivity contribution in [1.29, 1.82) is 0 Å². The van der Waals surface area contributed by atoms with Gasteiger partial charge in [0.15, 0.2) is 11.4 Å². The zero-order chi connectivity index (χ0) is 18.2. The average molecular weight is 400 g/mol. The Bertz CT molecular complexity index is 877. The van der Waals surface area contributed by atoms with Crippen LogP contribution in [0, 0.1) is 0 Å². The van der Waals surface area contributed by atoms with Crippen LogP contribution in [0.25, 0.3) is 0 Å². The molecule has 5 heteroatoms. The van der Waals surface area contributed by atoms with E-state index in [-0.39, 0.29) is 12.2 Å². The van der Waals surface area contributed by atoms with Crippen LogP contribution in [0.15, 0.2) is 65.2 Å². The topological polar surface area (TPSA) is 57.6 Å². The van der Waals surface area contributed by atoms with E-state index in [0.717, 1.165) is 10.0 Å². The minimum absolute atomic E-state index is 0.288. The van der Waals surface area contributed by atoms with E-state index in [9.17, 15) is 14.7 Å². The third-order valence-electron chi connectivity index (χ3n) is 4.23. The van der Waals surface area contributed by atoms with Gasteiger partial charge in [0.1, 0.15) is 0 Å². The van der Waals surface area contributed by atoms with Crippen LogP contribution in [0.1, 0.15) is 29.3 Å². The number of Topliss-reactive ketones (excluding diaryl/α,β-unsaturated/α-hetero) is 1. The van der Waals surface area contributed by atoms with Gasteiger partial charge in [-0.2, -0.15) is 0 Å². The second kappa shape index (κ2) is 6.58. The molecule has 0 unspecified atom stereocenters. The van der Waals surface area contributed by atoms with Gasteiger partial charge in [0.25, 0.3) is 5.91 Å². The molecule has 0 saturated carbocycles. The van der Waals surface area contributed by atoms with Crippen molar-refractivity contribution in [2.24, 2.45) is 0 Å². The summed E-state index contributed by atoms with van der Waals surface area (Å²) in [4.78, 5) is 27.1. The van der Waals surface area contributed by atoms with E-state index in [1.54, 1.807) is 42.5 Å². The highest BCUT2D eigenvalue weighted by Gasteiger charge is 2.50. The second-order valence-corrected chi connectivity index (χ2v) is 7.25. The molecule has 2 aromatic carbocycles. The largest absolute Gasteiger partial charge is 0.375 e. The van der Waals surface area contributed by atoms with Crippen LogP contribution in [-0.2, 0) is 10.4 Å². The molecule has 1 amide bonds. The molecule has 0 fully saturated rings. The van der Waals surface area contributed by atoms with E-state index in [1.807, 2.05) is 13.0 Å². The minimum atomic E-state index is -1.86. The van der Waals surface area contributed by atoms with E-state index in [2.05, 4.69) is 22.5 Å². The molecule has 0 aromatic heterocycles. The number of anilines is 1. The van der Waals surface area contributed by atoms with Crippen LogP contribution in [0.3, 0.4) is 0 Å². The number of ketones is 1. The van der Waals surface area contributed by atoms with Gasteiger partial charge < -0.3 is 10.0 Å². The van der Waals surface area contributed by atoms with Crippen LogP contribution in [-0.4, -0.2) is 23.3 Å². The summed E-state index contributed by atoms with van der Waals surface area (Å²) in [5.41, 5.74) is 0.479. The lowest BCUT2D eigenvalue weighted by atomic mass is 9.88. The molecular formula is C20H18BrNO3. The van der Waals surface area contributed by atoms with E-state index < -0.39 is 11.5 Å². The summed E-state index contributed by atoms with van der Waals surface area (Å²) in [5, 5.41) is 11.1. The van der Waals surface area contributed by atoms with Crippen molar-refractivity contribution in [3.63, 3.8) is 0 Å². The highest BCUT2D eigenvalue weighted by atomic mass is 79.9. The summed E-state index contributed by atoms with van der Waals surface area (Å²) in [6.07, 6.45) is -0.300. The van der Waals surface area contributed by atoms with E-state index in [0.29, 0.717) is 23.4 Å². The minimum Gasteiger partial charge on any atom is -0.375 e. The van der Waals surface area contributed by atoms with Crippen molar-refractivity contribution in [1.82, 2.24) is 0 Å². The molecule has 0 spiro atoms. The quantitative estimate of drug-likeness (QED) is 0.613. The molecule has 25 heavy (non-hydrogen) atoms. The standard InChI is InChI=1S/C20H18BrNO3/c1-13(2)12-22-17-9-4-3-8-16(17)20(25,19(22)24)11-18(23)14-6-5-7-15(21)10-14/h3-10,25H,1,11-12H2,2H3/t20-/m0/s1. The maximum absolute atomic E-state index is 12.9. The molecule has 1 N–H and O–H groups in total. The van der Waals surface area contributed by atoms with Gasteiger partial charge in [-0.3, -0.25) is 9.59 Å². The molecule has 2 aromatic rings. The molecule has 0 radical (unpaired) electrons. The second-order valence-electron chi connectivity index (χ2n) is 6.34. The first-order valence-electron chi connectivity index (χ1n) is 7.90. The number of amides is 1. The number of para-hydroxylation sites is 1. The van der Waals surface area contributed by atoms with Crippen LogP contribution in [0.2, 0.25) is 0 Å². The fraction of sp³-hybridized carbons (Fsp3) is 0.200. The molecule has 1 atom stereocenters. The van der Waals surface area contributed by atoms with Gasteiger partial charge in [0.05, 0.1) is 12.1 Å². The van der Waals surface area contributed by atoms with Crippen molar-refractivity contribution in [3.8, 4) is 0 Å². The average Bonchev–Trinajstić information content (AvgIpc) is 2.77. The Morgan fingerprint density at radius 3 is 2.64 bits per heavy atom. The predicted octanol–water partition coefficient (Wildman–Crippen LogP) is 3.83. The highest BCUT2D eigenvalue weighted by molar-refractivity contribution is 9.10. The number of hydrogen-bond acceptors (Lipinski definition) is 3. The highest BCUT2D eigenvalue weighted by Crippen LogP contribution is 2.43. The first kappa shape index (κ1) is 17.6. The lowest BCUT2D eigenvalue weighted by molar-refractivity contribution is -0.135. The number of carbonyl (C=O) groups excluding carboxylic acids is 2. The van der Waals surface area contributed by atoms with E-state index >= 15 is 0 Å². The van der Waals surface area contributed by atoms with Gasteiger partial charge >= 0.3 is 0 Å². The number of benzene rings is 2. The van der Waals surface area contributed by atoms with Crippen LogP contribution in [0.4, 0.5) is 5.69 Å². The Kier molecular flexibility index (Phi) is 4.62. The molecule has 0 saturated heterocycles. The number of fused-ring (bicyclic) bond motifs is 1. The Labute approximate surface area is 154 Å². The zero-order valence-electron chi connectivity index (χ0n) is 13.8. The molecule has 4 nitrogen and oxygen atoms in total. The molecule has 0 bridgehead atoms. The Morgan fingerprint density at radius 2 is 1.96 bits per heavy atom. The van der Waals surface area contributed by atoms with Crippen molar-refractivity contribution in [3.05, 3.63) is 76.3 Å². The summed E-state index contributed by atoms with van der Waals surface area (Å²) >= 11 is 3.33. The molecule has 0 aliphatic carbocycles. The zero-order valence-corrected chi connectivity index (χ0v) is 15.4. The number of halogens is 1. The Hall–Kier alpha value is -2.24. The SMILES string of the molecule is C=C(C)CN1C(=O)[C@](O)(CC(=O)c2cccc(Br)c2)c2ccccc21. The third kappa shape index (κ3) is 3.17. The number of carbonyl (C=O) groups is 2. The van der Waals surface area contributed by atoms with Gasteiger partial charge in [0, 0.05) is 22.1 Å². The van der Waals surface area contributed by atoms with Crippen LogP contribution < -0.4 is 4.90 Å². The van der Waals surface area contributed by atoms with Crippen LogP contribution >= 0.6 is 15.9 Å². The van der Waals surface area contributed by atoms with Crippen molar-refractivity contribution in [2.45, 2.75) is 18.9 Å². The lowest BCUT2D eigenvalue weighted by Gasteiger charge is -2.23. The predicted molar refractivity (Wildman–Crippen MR) is 101 cm³/mol. The van der Waals surface area contributed by atoms with Gasteiger partial charge in [0.2, 0.25) is 0 Å². The maximum atomic E-state index is 12.9. The number of rotatable bonds is 5. The summed E-state index contributed by atoms with van der Waals surface area (Å²) < 4.78 is 0.771. The van der Waals surface area contributed by atoms with E-state index in [1.165, 1.54) is 4.90 Å². The first-order valence-corrected chi connectivity index (χ1v) is 8.69. The summed E-state index contributed by atoms with van der Waals surface area (Å²) in [7, 11) is 0. The summed E-state index contributed by atoms with van der Waals surface area (Å²) in [6, 6.07) is 14.0. The smallest absolute Gasteiger partial charge is 0.264 e. The molecule has 1 aliphatic heterocycles. The third-order valence-corrected chi connectivity index (χ3v) is 4.72. The normalized spacial score (nSPS) is 19.0. The fourth-order valence-electron chi connectivity index (χ4n) is 3.10. The Morgan fingerprint density at radius 1 is 1.24 bits per heavy atom. The lowest BCUT2D eigenvalue weighted by Crippen LogP contribution is -2.42. The molecule has 1 heterocycles. The monoisotopic (exact) mass is 399 g/mol. The number of hydrogen-bond donors (Lipinski definition) is 1. The molecule has 3 rings (SSSR count). The molecular weight excluding hydrogens is 382 g/mol. The van der Waals surface area contributed by atoms with Crippen LogP contribution in [0.5, 0.6) is 0 Å². The van der Waals surface area contributed by atoms with Gasteiger partial charge in [-0.25, -0.2) is 0 Å². The fourth-order valence-corrected chi connectivity index (χ4v) is 3.50. The molecule has 128 valence electrons. The Balaban J connectivity index is 1.98. The van der Waals surface area contributed by atoms with Crippen molar-refractivity contribution >= 4 is 33.3 Å². The van der Waals surface area contributed by atoms with E-state index in [4.69, 9.17) is 0 Å². The number of aliphatic hydroxyl groups is 1. The van der Waals surface area contributed by atoms with Gasteiger partial charge in [-0.05, 0) is 25.1 Å². The number of nitrogens with zero attached hydrogens (tertiary/aromatic N) is 1. The van der Waals surface area contributed by atoms with Gasteiger partial charge in [-0.15, -0.1) is 0 Å². The first-order chi connectivity index (χ1) is 11.8. The van der Waals surface area contributed by atoms with Crippen molar-refractivity contribution < 1.29 is 14.7 Å². The molecule has 1 aliphatic rings. The maximum Gasteiger partial charge on any atom is 0.264 e. The summed E-state index contributed by atoms with van der Waals surface area (Å²) in [6.45, 7) is 5.97.